The van der Waals surface area contributed by atoms with Crippen LogP contribution in [0.3, 0.4) is 0 Å². The van der Waals surface area contributed by atoms with Gasteiger partial charge >= 0.3 is 0 Å². The van der Waals surface area contributed by atoms with Crippen LogP contribution in [0.1, 0.15) is 27.2 Å². The van der Waals surface area contributed by atoms with Gasteiger partial charge in [-0.3, -0.25) is 14.2 Å². The summed E-state index contributed by atoms with van der Waals surface area (Å²) >= 11 is 7.32. The zero-order valence-corrected chi connectivity index (χ0v) is 16.8. The standard InChI is InChI=1S/C18H24ClN3O3S/c1-4-20-16(23)12(3)26-18-21-15-11-13(19)7-8-14(15)17(24)22(18)9-6-10-25-5-2/h7-8,11-12H,4-6,9-10H2,1-3H3,(H,20,23)/t12-/m1/s1. The number of benzene rings is 1. The summed E-state index contributed by atoms with van der Waals surface area (Å²) in [5.41, 5.74) is 0.405. The zero-order chi connectivity index (χ0) is 19.1. The average Bonchev–Trinajstić information content (AvgIpc) is 2.60. The van der Waals surface area contributed by atoms with E-state index in [1.54, 1.807) is 29.7 Å². The number of ether oxygens (including phenoxy) is 1. The number of carbonyl (C=O) groups is 1. The highest BCUT2D eigenvalue weighted by Crippen LogP contribution is 2.24. The number of carbonyl (C=O) groups excluding carboxylic acids is 1. The second-order valence-electron chi connectivity index (χ2n) is 5.72. The first-order chi connectivity index (χ1) is 12.5. The summed E-state index contributed by atoms with van der Waals surface area (Å²) in [6, 6.07) is 5.04. The molecule has 0 fully saturated rings. The lowest BCUT2D eigenvalue weighted by Crippen LogP contribution is -2.32. The lowest BCUT2D eigenvalue weighted by atomic mass is 10.2. The quantitative estimate of drug-likeness (QED) is 0.400. The molecule has 0 aliphatic rings. The first kappa shape index (κ1) is 20.7. The molecule has 0 saturated heterocycles. The largest absolute Gasteiger partial charge is 0.382 e. The van der Waals surface area contributed by atoms with E-state index in [9.17, 15) is 9.59 Å². The molecule has 1 heterocycles. The topological polar surface area (TPSA) is 73.2 Å². The van der Waals surface area contributed by atoms with E-state index in [-0.39, 0.29) is 16.7 Å². The highest BCUT2D eigenvalue weighted by Gasteiger charge is 2.19. The van der Waals surface area contributed by atoms with Gasteiger partial charge in [-0.05, 0) is 45.4 Å². The van der Waals surface area contributed by atoms with Gasteiger partial charge in [0.25, 0.3) is 5.56 Å². The number of fused-ring (bicyclic) bond motifs is 1. The molecule has 26 heavy (non-hydrogen) atoms. The smallest absolute Gasteiger partial charge is 0.262 e. The van der Waals surface area contributed by atoms with E-state index in [1.165, 1.54) is 11.8 Å². The molecule has 1 N–H and O–H groups in total. The van der Waals surface area contributed by atoms with Crippen molar-refractivity contribution in [3.05, 3.63) is 33.6 Å². The Morgan fingerprint density at radius 3 is 2.88 bits per heavy atom. The minimum atomic E-state index is -0.364. The monoisotopic (exact) mass is 397 g/mol. The van der Waals surface area contributed by atoms with Gasteiger partial charge in [-0.15, -0.1) is 0 Å². The van der Waals surface area contributed by atoms with Crippen molar-refractivity contribution in [2.24, 2.45) is 0 Å². The third-order valence-corrected chi connectivity index (χ3v) is 5.08. The van der Waals surface area contributed by atoms with Gasteiger partial charge in [-0.1, -0.05) is 23.4 Å². The Kier molecular flexibility index (Phi) is 7.93. The summed E-state index contributed by atoms with van der Waals surface area (Å²) in [5, 5.41) is 3.97. The first-order valence-corrected chi connectivity index (χ1v) is 9.95. The summed E-state index contributed by atoms with van der Waals surface area (Å²) in [7, 11) is 0. The van der Waals surface area contributed by atoms with Crippen LogP contribution in [-0.4, -0.2) is 40.5 Å². The van der Waals surface area contributed by atoms with Gasteiger partial charge < -0.3 is 10.1 Å². The van der Waals surface area contributed by atoms with Crippen LogP contribution in [0.2, 0.25) is 5.02 Å². The normalized spacial score (nSPS) is 12.3. The van der Waals surface area contributed by atoms with E-state index >= 15 is 0 Å². The van der Waals surface area contributed by atoms with Crippen LogP contribution in [0, 0.1) is 0 Å². The average molecular weight is 398 g/mol. The molecule has 142 valence electrons. The van der Waals surface area contributed by atoms with E-state index in [2.05, 4.69) is 10.3 Å². The molecule has 2 rings (SSSR count). The van der Waals surface area contributed by atoms with Gasteiger partial charge in [-0.2, -0.15) is 0 Å². The highest BCUT2D eigenvalue weighted by molar-refractivity contribution is 8.00. The van der Waals surface area contributed by atoms with Gasteiger partial charge in [0, 0.05) is 31.3 Å². The molecule has 1 atom stereocenters. The fourth-order valence-electron chi connectivity index (χ4n) is 2.46. The van der Waals surface area contributed by atoms with Crippen LogP contribution in [-0.2, 0) is 16.1 Å². The Morgan fingerprint density at radius 1 is 1.42 bits per heavy atom. The maximum atomic E-state index is 12.9. The summed E-state index contributed by atoms with van der Waals surface area (Å²) in [6.45, 7) is 7.85. The van der Waals surface area contributed by atoms with Crippen molar-refractivity contribution < 1.29 is 9.53 Å². The summed E-state index contributed by atoms with van der Waals surface area (Å²) < 4.78 is 6.99. The van der Waals surface area contributed by atoms with Crippen molar-refractivity contribution in [2.75, 3.05) is 19.8 Å². The molecule has 0 saturated carbocycles. The summed E-state index contributed by atoms with van der Waals surface area (Å²) in [4.78, 5) is 29.6. The number of amides is 1. The number of nitrogens with one attached hydrogen (secondary N) is 1. The van der Waals surface area contributed by atoms with E-state index < -0.39 is 0 Å². The summed E-state index contributed by atoms with van der Waals surface area (Å²) in [6.07, 6.45) is 0.692. The number of thioether (sulfide) groups is 1. The van der Waals surface area contributed by atoms with Gasteiger partial charge in [0.05, 0.1) is 16.2 Å². The molecule has 0 radical (unpaired) electrons. The van der Waals surface area contributed by atoms with Crippen LogP contribution in [0.5, 0.6) is 0 Å². The Hall–Kier alpha value is -1.57. The Bertz CT molecular complexity index is 825. The van der Waals surface area contributed by atoms with E-state index in [0.717, 1.165) is 0 Å². The fraction of sp³-hybridized carbons (Fsp3) is 0.500. The van der Waals surface area contributed by atoms with Crippen LogP contribution in [0.15, 0.2) is 28.2 Å². The molecule has 1 aromatic heterocycles. The number of nitrogens with zero attached hydrogens (tertiary/aromatic N) is 2. The van der Waals surface area contributed by atoms with Crippen molar-refractivity contribution in [2.45, 2.75) is 44.1 Å². The zero-order valence-electron chi connectivity index (χ0n) is 15.3. The van der Waals surface area contributed by atoms with Gasteiger partial charge in [0.2, 0.25) is 5.91 Å². The highest BCUT2D eigenvalue weighted by atomic mass is 35.5. The first-order valence-electron chi connectivity index (χ1n) is 8.70. The Labute approximate surface area is 162 Å². The van der Waals surface area contributed by atoms with Gasteiger partial charge in [0.1, 0.15) is 0 Å². The van der Waals surface area contributed by atoms with Crippen LogP contribution < -0.4 is 10.9 Å². The molecular weight excluding hydrogens is 374 g/mol. The predicted molar refractivity (Wildman–Crippen MR) is 106 cm³/mol. The molecule has 0 aliphatic heterocycles. The molecule has 0 spiro atoms. The fourth-order valence-corrected chi connectivity index (χ4v) is 3.59. The van der Waals surface area contributed by atoms with Gasteiger partial charge in [0.15, 0.2) is 5.16 Å². The van der Waals surface area contributed by atoms with Crippen LogP contribution >= 0.6 is 23.4 Å². The van der Waals surface area contributed by atoms with E-state index in [4.69, 9.17) is 16.3 Å². The molecule has 1 aromatic carbocycles. The molecule has 6 nitrogen and oxygen atoms in total. The van der Waals surface area contributed by atoms with Crippen molar-refractivity contribution in [1.29, 1.82) is 0 Å². The lowest BCUT2D eigenvalue weighted by Gasteiger charge is -2.16. The molecular formula is C18H24ClN3O3S. The number of hydrogen-bond acceptors (Lipinski definition) is 5. The van der Waals surface area contributed by atoms with Crippen molar-refractivity contribution in [1.82, 2.24) is 14.9 Å². The van der Waals surface area contributed by atoms with Crippen LogP contribution in [0.25, 0.3) is 10.9 Å². The van der Waals surface area contributed by atoms with Crippen molar-refractivity contribution >= 4 is 40.2 Å². The van der Waals surface area contributed by atoms with Crippen LogP contribution in [0.4, 0.5) is 0 Å². The second-order valence-corrected chi connectivity index (χ2v) is 7.46. The molecule has 0 aliphatic carbocycles. The molecule has 1 amide bonds. The molecule has 8 heteroatoms. The third-order valence-electron chi connectivity index (χ3n) is 3.76. The predicted octanol–water partition coefficient (Wildman–Crippen LogP) is 3.09. The van der Waals surface area contributed by atoms with E-state index in [0.29, 0.717) is 53.8 Å². The number of halogens is 1. The molecule has 2 aromatic rings. The van der Waals surface area contributed by atoms with Crippen molar-refractivity contribution in [3.8, 4) is 0 Å². The van der Waals surface area contributed by atoms with E-state index in [1.807, 2.05) is 13.8 Å². The Morgan fingerprint density at radius 2 is 2.19 bits per heavy atom. The maximum Gasteiger partial charge on any atom is 0.262 e. The van der Waals surface area contributed by atoms with Gasteiger partial charge in [-0.25, -0.2) is 4.98 Å². The Balaban J connectivity index is 2.39. The number of aromatic nitrogens is 2. The third kappa shape index (κ3) is 5.22. The minimum absolute atomic E-state index is 0.0844. The van der Waals surface area contributed by atoms with Crippen molar-refractivity contribution in [3.63, 3.8) is 0 Å². The number of rotatable bonds is 9. The number of hydrogen-bond donors (Lipinski definition) is 1. The molecule has 0 bridgehead atoms. The molecule has 0 unspecified atom stereocenters. The summed E-state index contributed by atoms with van der Waals surface area (Å²) in [5.74, 6) is -0.0844. The maximum absolute atomic E-state index is 12.9. The minimum Gasteiger partial charge on any atom is -0.382 e. The SMILES string of the molecule is CCNC(=O)[C@@H](C)Sc1nc2cc(Cl)ccc2c(=O)n1CCCOCC. The lowest BCUT2D eigenvalue weighted by molar-refractivity contribution is -0.120. The second kappa shape index (κ2) is 9.94.